The fourth-order valence-electron chi connectivity index (χ4n) is 3.70. The molecule has 10 nitrogen and oxygen atoms in total. The van der Waals surface area contributed by atoms with Crippen molar-refractivity contribution >= 4 is 33.0 Å². The van der Waals surface area contributed by atoms with Gasteiger partial charge in [-0.25, -0.2) is 8.42 Å². The molecule has 0 bridgehead atoms. The molecule has 182 valence electrons. The van der Waals surface area contributed by atoms with Crippen LogP contribution in [0.2, 0.25) is 0 Å². The summed E-state index contributed by atoms with van der Waals surface area (Å²) in [6, 6.07) is 18.3. The summed E-state index contributed by atoms with van der Waals surface area (Å²) >= 11 is 0. The molecule has 11 heteroatoms. The summed E-state index contributed by atoms with van der Waals surface area (Å²) in [5.41, 5.74) is 1.43. The zero-order valence-corrected chi connectivity index (χ0v) is 19.5. The average Bonchev–Trinajstić information content (AvgIpc) is 2.85. The van der Waals surface area contributed by atoms with Gasteiger partial charge in [0.25, 0.3) is 21.6 Å². The van der Waals surface area contributed by atoms with E-state index in [9.17, 15) is 23.3 Å². The number of anilines is 2. The van der Waals surface area contributed by atoms with Gasteiger partial charge >= 0.3 is 0 Å². The Hall–Kier alpha value is -3.80. The van der Waals surface area contributed by atoms with Gasteiger partial charge in [-0.1, -0.05) is 30.3 Å². The van der Waals surface area contributed by atoms with Crippen molar-refractivity contribution in [2.24, 2.45) is 0 Å². The number of nitro groups is 1. The van der Waals surface area contributed by atoms with Gasteiger partial charge < -0.3 is 10.1 Å². The van der Waals surface area contributed by atoms with E-state index in [-0.39, 0.29) is 21.8 Å². The van der Waals surface area contributed by atoms with E-state index >= 15 is 0 Å². The van der Waals surface area contributed by atoms with Crippen LogP contribution in [0, 0.1) is 10.1 Å². The van der Waals surface area contributed by atoms with Crippen molar-refractivity contribution in [3.8, 4) is 0 Å². The van der Waals surface area contributed by atoms with E-state index < -0.39 is 20.9 Å². The number of para-hydroxylation sites is 1. The van der Waals surface area contributed by atoms with Crippen molar-refractivity contribution in [1.82, 2.24) is 4.90 Å². The molecule has 1 heterocycles. The highest BCUT2D eigenvalue weighted by molar-refractivity contribution is 7.92. The van der Waals surface area contributed by atoms with E-state index in [1.54, 1.807) is 18.2 Å². The number of rotatable bonds is 8. The van der Waals surface area contributed by atoms with Crippen molar-refractivity contribution in [1.29, 1.82) is 0 Å². The average molecular weight is 497 g/mol. The maximum atomic E-state index is 13.0. The number of amides is 1. The molecule has 0 aromatic heterocycles. The SMILES string of the molecule is O=C(Nc1cccc(CN2CCOCC2)c1)c1ccccc1NS(=O)(=O)c1cccc([N+](=O)[O-])c1. The molecular weight excluding hydrogens is 472 g/mol. The summed E-state index contributed by atoms with van der Waals surface area (Å²) < 4.78 is 33.5. The summed E-state index contributed by atoms with van der Waals surface area (Å²) in [4.78, 5) is 25.4. The Kier molecular flexibility index (Phi) is 7.39. The van der Waals surface area contributed by atoms with Gasteiger partial charge in [0.15, 0.2) is 0 Å². The van der Waals surface area contributed by atoms with Crippen LogP contribution in [0.4, 0.5) is 17.1 Å². The van der Waals surface area contributed by atoms with Crippen LogP contribution in [0.15, 0.2) is 77.7 Å². The predicted octanol–water partition coefficient (Wildman–Crippen LogP) is 3.48. The first-order valence-electron chi connectivity index (χ1n) is 10.9. The minimum absolute atomic E-state index is 0.0565. The van der Waals surface area contributed by atoms with Gasteiger partial charge in [0.05, 0.1) is 34.3 Å². The third-order valence-electron chi connectivity index (χ3n) is 5.45. The zero-order chi connectivity index (χ0) is 24.8. The van der Waals surface area contributed by atoms with Crippen molar-refractivity contribution < 1.29 is 22.9 Å². The fourth-order valence-corrected chi connectivity index (χ4v) is 4.82. The number of nitro benzene ring substituents is 1. The molecule has 2 N–H and O–H groups in total. The molecule has 1 amide bonds. The van der Waals surface area contributed by atoms with Crippen LogP contribution in [0.25, 0.3) is 0 Å². The Labute approximate surface area is 202 Å². The van der Waals surface area contributed by atoms with Gasteiger partial charge in [0.1, 0.15) is 0 Å². The van der Waals surface area contributed by atoms with E-state index in [0.717, 1.165) is 31.3 Å². The van der Waals surface area contributed by atoms with E-state index in [2.05, 4.69) is 14.9 Å². The zero-order valence-electron chi connectivity index (χ0n) is 18.7. The standard InChI is InChI=1S/C24H24N4O6S/c29-24(25-19-6-3-5-18(15-19)17-27-11-13-34-14-12-27)22-9-1-2-10-23(22)26-35(32,33)21-8-4-7-20(16-21)28(30)31/h1-10,15-16,26H,11-14,17H2,(H,25,29). The molecule has 0 spiro atoms. The Morgan fingerprint density at radius 3 is 2.51 bits per heavy atom. The van der Waals surface area contributed by atoms with Crippen LogP contribution in [-0.4, -0.2) is 50.5 Å². The normalized spacial score (nSPS) is 14.3. The molecule has 0 aliphatic carbocycles. The summed E-state index contributed by atoms with van der Waals surface area (Å²) in [5, 5.41) is 13.8. The van der Waals surface area contributed by atoms with Gasteiger partial charge in [-0.05, 0) is 35.9 Å². The number of ether oxygens (including phenoxy) is 1. The molecule has 1 fully saturated rings. The Morgan fingerprint density at radius 2 is 1.74 bits per heavy atom. The molecule has 1 saturated heterocycles. The quantitative estimate of drug-likeness (QED) is 0.361. The molecule has 0 radical (unpaired) electrons. The van der Waals surface area contributed by atoms with Crippen LogP contribution in [-0.2, 0) is 21.3 Å². The summed E-state index contributed by atoms with van der Waals surface area (Å²) in [7, 11) is -4.17. The fraction of sp³-hybridized carbons (Fsp3) is 0.208. The predicted molar refractivity (Wildman–Crippen MR) is 131 cm³/mol. The van der Waals surface area contributed by atoms with E-state index in [1.165, 1.54) is 30.3 Å². The molecule has 1 aliphatic heterocycles. The Balaban J connectivity index is 1.51. The second-order valence-corrected chi connectivity index (χ2v) is 9.63. The monoisotopic (exact) mass is 496 g/mol. The van der Waals surface area contributed by atoms with Crippen molar-refractivity contribution in [2.75, 3.05) is 36.3 Å². The lowest BCUT2D eigenvalue weighted by atomic mass is 10.1. The van der Waals surface area contributed by atoms with Crippen LogP contribution in [0.1, 0.15) is 15.9 Å². The molecule has 35 heavy (non-hydrogen) atoms. The number of hydrogen-bond donors (Lipinski definition) is 2. The molecule has 3 aromatic carbocycles. The summed E-state index contributed by atoms with van der Waals surface area (Å²) in [6.07, 6.45) is 0. The van der Waals surface area contributed by atoms with E-state index in [1.807, 2.05) is 18.2 Å². The minimum Gasteiger partial charge on any atom is -0.379 e. The maximum Gasteiger partial charge on any atom is 0.270 e. The number of carbonyl (C=O) groups excluding carboxylic acids is 1. The highest BCUT2D eigenvalue weighted by Crippen LogP contribution is 2.24. The Bertz CT molecular complexity index is 1340. The lowest BCUT2D eigenvalue weighted by Crippen LogP contribution is -2.35. The van der Waals surface area contributed by atoms with Crippen LogP contribution in [0.5, 0.6) is 0 Å². The van der Waals surface area contributed by atoms with Crippen molar-refractivity contribution in [2.45, 2.75) is 11.4 Å². The van der Waals surface area contributed by atoms with E-state index in [0.29, 0.717) is 18.9 Å². The Morgan fingerprint density at radius 1 is 1.00 bits per heavy atom. The highest BCUT2D eigenvalue weighted by atomic mass is 32.2. The van der Waals surface area contributed by atoms with Crippen LogP contribution < -0.4 is 10.0 Å². The number of benzene rings is 3. The first-order valence-corrected chi connectivity index (χ1v) is 12.4. The van der Waals surface area contributed by atoms with Crippen molar-refractivity contribution in [3.63, 3.8) is 0 Å². The molecule has 1 aliphatic rings. The molecular formula is C24H24N4O6S. The topological polar surface area (TPSA) is 131 Å². The lowest BCUT2D eigenvalue weighted by molar-refractivity contribution is -0.385. The summed E-state index contributed by atoms with van der Waals surface area (Å²) in [5.74, 6) is -0.495. The lowest BCUT2D eigenvalue weighted by Gasteiger charge is -2.26. The molecule has 4 rings (SSSR count). The highest BCUT2D eigenvalue weighted by Gasteiger charge is 2.21. The summed E-state index contributed by atoms with van der Waals surface area (Å²) in [6.45, 7) is 3.80. The van der Waals surface area contributed by atoms with Gasteiger partial charge in [-0.2, -0.15) is 0 Å². The second kappa shape index (κ2) is 10.6. The molecule has 0 unspecified atom stereocenters. The molecule has 0 saturated carbocycles. The van der Waals surface area contributed by atoms with Gasteiger partial charge in [0.2, 0.25) is 0 Å². The third-order valence-corrected chi connectivity index (χ3v) is 6.81. The molecule has 3 aromatic rings. The first kappa shape index (κ1) is 24.3. The number of sulfonamides is 1. The number of nitrogens with zero attached hydrogens (tertiary/aromatic N) is 2. The van der Waals surface area contributed by atoms with E-state index in [4.69, 9.17) is 4.74 Å². The number of carbonyl (C=O) groups is 1. The third kappa shape index (κ3) is 6.21. The van der Waals surface area contributed by atoms with Crippen LogP contribution in [0.3, 0.4) is 0 Å². The molecule has 0 atom stereocenters. The first-order chi connectivity index (χ1) is 16.8. The minimum atomic E-state index is -4.17. The maximum absolute atomic E-state index is 13.0. The second-order valence-electron chi connectivity index (χ2n) is 7.95. The van der Waals surface area contributed by atoms with Gasteiger partial charge in [0, 0.05) is 37.5 Å². The van der Waals surface area contributed by atoms with Gasteiger partial charge in [-0.15, -0.1) is 0 Å². The number of morpholine rings is 1. The largest absolute Gasteiger partial charge is 0.379 e. The number of non-ortho nitro benzene ring substituents is 1. The number of nitrogens with one attached hydrogen (secondary N) is 2. The van der Waals surface area contributed by atoms with Crippen molar-refractivity contribution in [3.05, 3.63) is 94.0 Å². The van der Waals surface area contributed by atoms with Gasteiger partial charge in [-0.3, -0.25) is 24.5 Å². The smallest absolute Gasteiger partial charge is 0.270 e. The van der Waals surface area contributed by atoms with Crippen LogP contribution >= 0.6 is 0 Å². The number of hydrogen-bond acceptors (Lipinski definition) is 7.